The average molecular weight is 209 g/mol. The minimum atomic E-state index is -0.150. The number of hydrogen-bond donors (Lipinski definition) is 1. The van der Waals surface area contributed by atoms with Gasteiger partial charge in [-0.1, -0.05) is 6.07 Å². The topological polar surface area (TPSA) is 21.3 Å². The summed E-state index contributed by atoms with van der Waals surface area (Å²) >= 11 is 0. The zero-order chi connectivity index (χ0) is 10.7. The summed E-state index contributed by atoms with van der Waals surface area (Å²) in [6.07, 6.45) is 1.89. The molecule has 0 saturated carbocycles. The molecule has 0 aromatic heterocycles. The van der Waals surface area contributed by atoms with Crippen LogP contribution in [0.4, 0.5) is 4.39 Å². The largest absolute Gasteiger partial charge is 0.373 e. The predicted octanol–water partition coefficient (Wildman–Crippen LogP) is 2.05. The fourth-order valence-electron chi connectivity index (χ4n) is 2.02. The summed E-state index contributed by atoms with van der Waals surface area (Å²) in [5.74, 6) is -0.150. The normalized spacial score (nSPS) is 20.0. The molecular formula is C12H16FNO. The van der Waals surface area contributed by atoms with Gasteiger partial charge in [0.05, 0.1) is 12.7 Å². The molecule has 0 bridgehead atoms. The minimum Gasteiger partial charge on any atom is -0.373 e. The number of rotatable bonds is 3. The van der Waals surface area contributed by atoms with E-state index in [1.807, 2.05) is 13.1 Å². The second kappa shape index (κ2) is 4.73. The smallest absolute Gasteiger partial charge is 0.123 e. The van der Waals surface area contributed by atoms with Gasteiger partial charge in [-0.05, 0) is 49.7 Å². The molecule has 1 aromatic rings. The van der Waals surface area contributed by atoms with E-state index in [9.17, 15) is 4.39 Å². The fraction of sp³-hybridized carbons (Fsp3) is 0.500. The molecule has 15 heavy (non-hydrogen) atoms. The number of fused-ring (bicyclic) bond motifs is 1. The minimum absolute atomic E-state index is 0.127. The van der Waals surface area contributed by atoms with Gasteiger partial charge < -0.3 is 10.1 Å². The molecule has 0 radical (unpaired) electrons. The Balaban J connectivity index is 2.18. The standard InChI is InChI=1S/C12H16FNO/c1-14-6-4-12-11-3-2-10(13)8-9(11)5-7-15-12/h2-3,8,12,14H,4-7H2,1H3/t12-/m0/s1. The molecule has 0 amide bonds. The van der Waals surface area contributed by atoms with Crippen molar-refractivity contribution in [2.45, 2.75) is 18.9 Å². The Morgan fingerprint density at radius 2 is 2.40 bits per heavy atom. The summed E-state index contributed by atoms with van der Waals surface area (Å²) in [4.78, 5) is 0. The van der Waals surface area contributed by atoms with Crippen molar-refractivity contribution < 1.29 is 9.13 Å². The Bertz CT molecular complexity index is 340. The molecule has 0 fully saturated rings. The van der Waals surface area contributed by atoms with Gasteiger partial charge in [-0.2, -0.15) is 0 Å². The summed E-state index contributed by atoms with van der Waals surface area (Å²) in [6, 6.07) is 4.99. The van der Waals surface area contributed by atoms with Crippen molar-refractivity contribution in [1.82, 2.24) is 5.32 Å². The predicted molar refractivity (Wildman–Crippen MR) is 57.3 cm³/mol. The first-order valence-corrected chi connectivity index (χ1v) is 5.36. The number of benzene rings is 1. The van der Waals surface area contributed by atoms with E-state index in [0.29, 0.717) is 6.61 Å². The van der Waals surface area contributed by atoms with Crippen molar-refractivity contribution in [3.8, 4) is 0 Å². The van der Waals surface area contributed by atoms with Gasteiger partial charge >= 0.3 is 0 Å². The molecular weight excluding hydrogens is 193 g/mol. The van der Waals surface area contributed by atoms with Gasteiger partial charge in [0.25, 0.3) is 0 Å². The highest BCUT2D eigenvalue weighted by Crippen LogP contribution is 2.29. The molecule has 1 aliphatic heterocycles. The van der Waals surface area contributed by atoms with Crippen molar-refractivity contribution in [2.24, 2.45) is 0 Å². The average Bonchev–Trinajstić information content (AvgIpc) is 2.25. The lowest BCUT2D eigenvalue weighted by Gasteiger charge is -2.26. The summed E-state index contributed by atoms with van der Waals surface area (Å²) in [5, 5.41) is 3.10. The Morgan fingerprint density at radius 3 is 3.20 bits per heavy atom. The highest BCUT2D eigenvalue weighted by molar-refractivity contribution is 5.31. The van der Waals surface area contributed by atoms with Crippen LogP contribution in [-0.4, -0.2) is 20.2 Å². The van der Waals surface area contributed by atoms with Gasteiger partial charge in [-0.15, -0.1) is 0 Å². The van der Waals surface area contributed by atoms with E-state index in [0.717, 1.165) is 30.5 Å². The second-order valence-corrected chi connectivity index (χ2v) is 3.84. The van der Waals surface area contributed by atoms with E-state index >= 15 is 0 Å². The van der Waals surface area contributed by atoms with Gasteiger partial charge in [0.15, 0.2) is 0 Å². The van der Waals surface area contributed by atoms with Crippen LogP contribution in [0.5, 0.6) is 0 Å². The number of nitrogens with one attached hydrogen (secondary N) is 1. The lowest BCUT2D eigenvalue weighted by molar-refractivity contribution is 0.0370. The molecule has 1 aromatic carbocycles. The van der Waals surface area contributed by atoms with Crippen LogP contribution < -0.4 is 5.32 Å². The summed E-state index contributed by atoms with van der Waals surface area (Å²) in [7, 11) is 1.92. The third-order valence-corrected chi connectivity index (χ3v) is 2.80. The summed E-state index contributed by atoms with van der Waals surface area (Å²) in [6.45, 7) is 1.62. The van der Waals surface area contributed by atoms with Gasteiger partial charge in [-0.3, -0.25) is 0 Å². The quantitative estimate of drug-likeness (QED) is 0.822. The zero-order valence-electron chi connectivity index (χ0n) is 8.92. The molecule has 0 unspecified atom stereocenters. The molecule has 3 heteroatoms. The zero-order valence-corrected chi connectivity index (χ0v) is 8.92. The molecule has 2 nitrogen and oxygen atoms in total. The van der Waals surface area contributed by atoms with Crippen molar-refractivity contribution in [1.29, 1.82) is 0 Å². The van der Waals surface area contributed by atoms with Crippen molar-refractivity contribution in [3.05, 3.63) is 35.1 Å². The lowest BCUT2D eigenvalue weighted by atomic mass is 9.95. The van der Waals surface area contributed by atoms with E-state index in [1.54, 1.807) is 6.07 Å². The highest BCUT2D eigenvalue weighted by atomic mass is 19.1. The van der Waals surface area contributed by atoms with Crippen LogP contribution >= 0.6 is 0 Å². The maximum atomic E-state index is 13.0. The molecule has 0 spiro atoms. The molecule has 1 aliphatic rings. The van der Waals surface area contributed by atoms with E-state index in [-0.39, 0.29) is 11.9 Å². The lowest BCUT2D eigenvalue weighted by Crippen LogP contribution is -2.20. The highest BCUT2D eigenvalue weighted by Gasteiger charge is 2.20. The summed E-state index contributed by atoms with van der Waals surface area (Å²) < 4.78 is 18.7. The Morgan fingerprint density at radius 1 is 1.53 bits per heavy atom. The number of halogens is 1. The molecule has 0 saturated heterocycles. The monoisotopic (exact) mass is 209 g/mol. The van der Waals surface area contributed by atoms with Gasteiger partial charge in [-0.25, -0.2) is 4.39 Å². The molecule has 82 valence electrons. The first-order valence-electron chi connectivity index (χ1n) is 5.36. The van der Waals surface area contributed by atoms with Crippen molar-refractivity contribution >= 4 is 0 Å². The summed E-state index contributed by atoms with van der Waals surface area (Å²) in [5.41, 5.74) is 2.25. The van der Waals surface area contributed by atoms with Crippen molar-refractivity contribution in [3.63, 3.8) is 0 Å². The van der Waals surface area contributed by atoms with Gasteiger partial charge in [0.1, 0.15) is 5.82 Å². The maximum Gasteiger partial charge on any atom is 0.123 e. The maximum absolute atomic E-state index is 13.0. The van der Waals surface area contributed by atoms with Gasteiger partial charge in [0, 0.05) is 0 Å². The first-order chi connectivity index (χ1) is 7.31. The Labute approximate surface area is 89.4 Å². The third kappa shape index (κ3) is 2.36. The van der Waals surface area contributed by atoms with Crippen molar-refractivity contribution in [2.75, 3.05) is 20.2 Å². The molecule has 1 N–H and O–H groups in total. The third-order valence-electron chi connectivity index (χ3n) is 2.80. The van der Waals surface area contributed by atoms with Crippen LogP contribution in [0, 0.1) is 5.82 Å². The van der Waals surface area contributed by atoms with Crippen LogP contribution in [0.25, 0.3) is 0 Å². The van der Waals surface area contributed by atoms with E-state index in [2.05, 4.69) is 5.32 Å². The van der Waals surface area contributed by atoms with E-state index < -0.39 is 0 Å². The molecule has 1 heterocycles. The van der Waals surface area contributed by atoms with E-state index in [1.165, 1.54) is 6.07 Å². The molecule has 2 rings (SSSR count). The molecule has 1 atom stereocenters. The van der Waals surface area contributed by atoms with Crippen LogP contribution in [0.2, 0.25) is 0 Å². The fourth-order valence-corrected chi connectivity index (χ4v) is 2.02. The second-order valence-electron chi connectivity index (χ2n) is 3.84. The van der Waals surface area contributed by atoms with E-state index in [4.69, 9.17) is 4.74 Å². The Kier molecular flexibility index (Phi) is 3.34. The van der Waals surface area contributed by atoms with Crippen LogP contribution in [-0.2, 0) is 11.2 Å². The Hall–Kier alpha value is -0.930. The molecule has 0 aliphatic carbocycles. The van der Waals surface area contributed by atoms with Crippen LogP contribution in [0.1, 0.15) is 23.7 Å². The SMILES string of the molecule is CNCC[C@@H]1OCCc2cc(F)ccc21. The first kappa shape index (κ1) is 10.6. The van der Waals surface area contributed by atoms with Crippen LogP contribution in [0.15, 0.2) is 18.2 Å². The van der Waals surface area contributed by atoms with Crippen LogP contribution in [0.3, 0.4) is 0 Å². The number of ether oxygens (including phenoxy) is 1. The number of hydrogen-bond acceptors (Lipinski definition) is 2. The van der Waals surface area contributed by atoms with Gasteiger partial charge in [0.2, 0.25) is 0 Å².